The standard InChI is InChI=1S/C15H27NO3/c1-3-11-4-5-13(15(17)18)14(8-11)16-7-6-12(9-16)10-19-2/h11-14H,3-10H2,1-2H3,(H,17,18). The van der Waals surface area contributed by atoms with Crippen LogP contribution in [0.25, 0.3) is 0 Å². The molecule has 2 fully saturated rings. The van der Waals surface area contributed by atoms with Gasteiger partial charge in [-0.3, -0.25) is 9.69 Å². The van der Waals surface area contributed by atoms with E-state index in [2.05, 4.69) is 11.8 Å². The highest BCUT2D eigenvalue weighted by Gasteiger charge is 2.40. The molecule has 0 aromatic heterocycles. The van der Waals surface area contributed by atoms with Gasteiger partial charge in [0.15, 0.2) is 0 Å². The van der Waals surface area contributed by atoms with Crippen molar-refractivity contribution in [2.45, 2.75) is 45.1 Å². The normalized spacial score (nSPS) is 36.5. The minimum atomic E-state index is -0.602. The molecule has 4 atom stereocenters. The SMILES string of the molecule is CCC1CCC(C(=O)O)C(N2CCC(COC)C2)C1. The van der Waals surface area contributed by atoms with Crippen LogP contribution in [0, 0.1) is 17.8 Å². The summed E-state index contributed by atoms with van der Waals surface area (Å²) in [6.45, 7) is 5.08. The zero-order valence-electron chi connectivity index (χ0n) is 12.2. The van der Waals surface area contributed by atoms with Crippen molar-refractivity contribution in [3.63, 3.8) is 0 Å². The summed E-state index contributed by atoms with van der Waals surface area (Å²) in [7, 11) is 1.75. The summed E-state index contributed by atoms with van der Waals surface area (Å²) in [5, 5.41) is 9.45. The molecule has 2 rings (SSSR count). The molecule has 0 radical (unpaired) electrons. The van der Waals surface area contributed by atoms with Gasteiger partial charge in [-0.05, 0) is 44.1 Å². The maximum Gasteiger partial charge on any atom is 0.308 e. The Morgan fingerprint density at radius 3 is 2.74 bits per heavy atom. The van der Waals surface area contributed by atoms with Gasteiger partial charge in [0.2, 0.25) is 0 Å². The van der Waals surface area contributed by atoms with Gasteiger partial charge in [-0.15, -0.1) is 0 Å². The van der Waals surface area contributed by atoms with E-state index in [0.29, 0.717) is 11.8 Å². The van der Waals surface area contributed by atoms with E-state index in [-0.39, 0.29) is 12.0 Å². The molecule has 4 unspecified atom stereocenters. The Hall–Kier alpha value is -0.610. The predicted octanol–water partition coefficient (Wildman–Crippen LogP) is 2.23. The van der Waals surface area contributed by atoms with Gasteiger partial charge in [0, 0.05) is 19.7 Å². The van der Waals surface area contributed by atoms with E-state index in [1.54, 1.807) is 7.11 Å². The number of hydrogen-bond donors (Lipinski definition) is 1. The molecule has 110 valence electrons. The summed E-state index contributed by atoms with van der Waals surface area (Å²) >= 11 is 0. The van der Waals surface area contributed by atoms with E-state index in [0.717, 1.165) is 45.4 Å². The topological polar surface area (TPSA) is 49.8 Å². The second kappa shape index (κ2) is 6.71. The zero-order chi connectivity index (χ0) is 13.8. The fourth-order valence-corrected chi connectivity index (χ4v) is 3.83. The first-order valence-corrected chi connectivity index (χ1v) is 7.61. The third kappa shape index (κ3) is 3.48. The van der Waals surface area contributed by atoms with Crippen molar-refractivity contribution in [3.8, 4) is 0 Å². The van der Waals surface area contributed by atoms with Crippen LogP contribution >= 0.6 is 0 Å². The van der Waals surface area contributed by atoms with Crippen LogP contribution in [0.2, 0.25) is 0 Å². The van der Waals surface area contributed by atoms with Crippen molar-refractivity contribution in [1.82, 2.24) is 4.90 Å². The molecule has 1 heterocycles. The van der Waals surface area contributed by atoms with Gasteiger partial charge in [0.25, 0.3) is 0 Å². The van der Waals surface area contributed by atoms with Gasteiger partial charge in [0.1, 0.15) is 0 Å². The second-order valence-electron chi connectivity index (χ2n) is 6.20. The Balaban J connectivity index is 1.99. The van der Waals surface area contributed by atoms with Crippen LogP contribution in [0.1, 0.15) is 39.0 Å². The largest absolute Gasteiger partial charge is 0.481 e. The molecule has 1 N–H and O–H groups in total. The molecule has 1 saturated carbocycles. The number of carbonyl (C=O) groups is 1. The smallest absolute Gasteiger partial charge is 0.308 e. The van der Waals surface area contributed by atoms with Gasteiger partial charge >= 0.3 is 5.97 Å². The van der Waals surface area contributed by atoms with Crippen molar-refractivity contribution in [2.24, 2.45) is 17.8 Å². The highest BCUT2D eigenvalue weighted by Crippen LogP contribution is 2.36. The Morgan fingerprint density at radius 2 is 2.11 bits per heavy atom. The summed E-state index contributed by atoms with van der Waals surface area (Å²) in [5.74, 6) is 0.530. The third-order valence-corrected chi connectivity index (χ3v) is 5.01. The summed E-state index contributed by atoms with van der Waals surface area (Å²) in [4.78, 5) is 13.9. The van der Waals surface area contributed by atoms with Crippen LogP contribution < -0.4 is 0 Å². The van der Waals surface area contributed by atoms with Gasteiger partial charge in [-0.25, -0.2) is 0 Å². The van der Waals surface area contributed by atoms with Crippen molar-refractivity contribution >= 4 is 5.97 Å². The molecule has 1 aliphatic carbocycles. The molecule has 1 saturated heterocycles. The first-order chi connectivity index (χ1) is 9.15. The predicted molar refractivity (Wildman–Crippen MR) is 74.1 cm³/mol. The van der Waals surface area contributed by atoms with E-state index >= 15 is 0 Å². The molecule has 1 aliphatic heterocycles. The molecule has 0 spiro atoms. The van der Waals surface area contributed by atoms with Crippen LogP contribution in [0.4, 0.5) is 0 Å². The average Bonchev–Trinajstić information content (AvgIpc) is 2.87. The van der Waals surface area contributed by atoms with Crippen LogP contribution in [0.3, 0.4) is 0 Å². The van der Waals surface area contributed by atoms with E-state index in [4.69, 9.17) is 4.74 Å². The lowest BCUT2D eigenvalue weighted by Crippen LogP contribution is -2.46. The number of nitrogens with zero attached hydrogens (tertiary/aromatic N) is 1. The van der Waals surface area contributed by atoms with Gasteiger partial charge in [-0.2, -0.15) is 0 Å². The monoisotopic (exact) mass is 269 g/mol. The number of carboxylic acid groups (broad SMARTS) is 1. The Bertz CT molecular complexity index is 308. The minimum absolute atomic E-state index is 0.163. The second-order valence-corrected chi connectivity index (χ2v) is 6.20. The molecular weight excluding hydrogens is 242 g/mol. The van der Waals surface area contributed by atoms with E-state index < -0.39 is 5.97 Å². The van der Waals surface area contributed by atoms with Crippen molar-refractivity contribution in [3.05, 3.63) is 0 Å². The number of hydrogen-bond acceptors (Lipinski definition) is 3. The van der Waals surface area contributed by atoms with Gasteiger partial charge < -0.3 is 9.84 Å². The molecule has 0 aromatic rings. The lowest BCUT2D eigenvalue weighted by Gasteiger charge is -2.39. The summed E-state index contributed by atoms with van der Waals surface area (Å²) < 4.78 is 5.24. The number of carboxylic acids is 1. The lowest BCUT2D eigenvalue weighted by atomic mass is 9.76. The number of ether oxygens (including phenoxy) is 1. The first kappa shape index (κ1) is 14.8. The number of aliphatic carboxylic acids is 1. The molecular formula is C15H27NO3. The minimum Gasteiger partial charge on any atom is -0.481 e. The fourth-order valence-electron chi connectivity index (χ4n) is 3.83. The summed E-state index contributed by atoms with van der Waals surface area (Å²) in [6.07, 6.45) is 5.32. The molecule has 0 aromatic carbocycles. The number of likely N-dealkylation sites (tertiary alicyclic amines) is 1. The van der Waals surface area contributed by atoms with Crippen LogP contribution in [0.15, 0.2) is 0 Å². The van der Waals surface area contributed by atoms with Crippen LogP contribution in [0.5, 0.6) is 0 Å². The Kier molecular flexibility index (Phi) is 5.22. The quantitative estimate of drug-likeness (QED) is 0.831. The number of methoxy groups -OCH3 is 1. The van der Waals surface area contributed by atoms with Gasteiger partial charge in [0.05, 0.1) is 12.5 Å². The zero-order valence-corrected chi connectivity index (χ0v) is 12.2. The summed E-state index contributed by atoms with van der Waals surface area (Å²) in [6, 6.07) is 0.248. The maximum atomic E-state index is 11.5. The van der Waals surface area contributed by atoms with Crippen LogP contribution in [-0.2, 0) is 9.53 Å². The highest BCUT2D eigenvalue weighted by atomic mass is 16.5. The average molecular weight is 269 g/mol. The van der Waals surface area contributed by atoms with Crippen molar-refractivity contribution in [1.29, 1.82) is 0 Å². The molecule has 4 nitrogen and oxygen atoms in total. The van der Waals surface area contributed by atoms with E-state index in [1.807, 2.05) is 0 Å². The molecule has 2 aliphatic rings. The fraction of sp³-hybridized carbons (Fsp3) is 0.933. The lowest BCUT2D eigenvalue weighted by molar-refractivity contribution is -0.146. The van der Waals surface area contributed by atoms with E-state index in [9.17, 15) is 9.90 Å². The van der Waals surface area contributed by atoms with Crippen molar-refractivity contribution < 1.29 is 14.6 Å². The van der Waals surface area contributed by atoms with Crippen LogP contribution in [-0.4, -0.2) is 48.8 Å². The maximum absolute atomic E-state index is 11.5. The Morgan fingerprint density at radius 1 is 1.32 bits per heavy atom. The molecule has 0 amide bonds. The van der Waals surface area contributed by atoms with Gasteiger partial charge in [-0.1, -0.05) is 13.3 Å². The third-order valence-electron chi connectivity index (χ3n) is 5.01. The van der Waals surface area contributed by atoms with E-state index in [1.165, 1.54) is 6.42 Å². The highest BCUT2D eigenvalue weighted by molar-refractivity contribution is 5.71. The molecule has 0 bridgehead atoms. The molecule has 4 heteroatoms. The summed E-state index contributed by atoms with van der Waals surface area (Å²) in [5.41, 5.74) is 0. The van der Waals surface area contributed by atoms with Crippen molar-refractivity contribution in [2.75, 3.05) is 26.8 Å². The Labute approximate surface area is 116 Å². The molecule has 19 heavy (non-hydrogen) atoms. The number of rotatable bonds is 5. The first-order valence-electron chi connectivity index (χ1n) is 7.61.